The van der Waals surface area contributed by atoms with Gasteiger partial charge in [0.15, 0.2) is 5.13 Å². The van der Waals surface area contributed by atoms with Crippen LogP contribution >= 0.6 is 11.3 Å². The molecule has 0 aliphatic carbocycles. The van der Waals surface area contributed by atoms with E-state index in [1.165, 1.54) is 16.2 Å². The quantitative estimate of drug-likeness (QED) is 0.610. The SMILES string of the molecule is CCOc1ccc(CN2C(=O)c3ccccc3C2=O)cc1C(=O)Nc1nc(C)cs1. The number of rotatable bonds is 6. The second kappa shape index (κ2) is 8.08. The number of hydrogen-bond donors (Lipinski definition) is 1. The van der Waals surface area contributed by atoms with Crippen LogP contribution in [0.25, 0.3) is 0 Å². The molecule has 1 N–H and O–H groups in total. The molecule has 1 aromatic heterocycles. The Morgan fingerprint density at radius 2 is 1.83 bits per heavy atom. The van der Waals surface area contributed by atoms with Crippen molar-refractivity contribution in [1.29, 1.82) is 0 Å². The fourth-order valence-electron chi connectivity index (χ4n) is 3.28. The summed E-state index contributed by atoms with van der Waals surface area (Å²) in [4.78, 5) is 43.6. The first-order chi connectivity index (χ1) is 14.5. The number of carbonyl (C=O) groups excluding carboxylic acids is 3. The molecule has 0 spiro atoms. The van der Waals surface area contributed by atoms with Gasteiger partial charge < -0.3 is 4.74 Å². The number of ether oxygens (including phenoxy) is 1. The van der Waals surface area contributed by atoms with E-state index in [2.05, 4.69) is 10.3 Å². The number of carbonyl (C=O) groups is 3. The van der Waals surface area contributed by atoms with Gasteiger partial charge in [-0.05, 0) is 43.7 Å². The lowest BCUT2D eigenvalue weighted by molar-refractivity contribution is 0.0642. The number of hydrogen-bond acceptors (Lipinski definition) is 6. The van der Waals surface area contributed by atoms with Crippen molar-refractivity contribution in [1.82, 2.24) is 9.88 Å². The summed E-state index contributed by atoms with van der Waals surface area (Å²) < 4.78 is 5.59. The van der Waals surface area contributed by atoms with Crippen LogP contribution in [-0.2, 0) is 6.54 Å². The molecular weight excluding hydrogens is 402 g/mol. The Hall–Kier alpha value is -3.52. The van der Waals surface area contributed by atoms with E-state index in [4.69, 9.17) is 4.74 Å². The number of nitrogens with one attached hydrogen (secondary N) is 1. The second-order valence-corrected chi connectivity index (χ2v) is 7.61. The molecule has 0 bridgehead atoms. The molecule has 152 valence electrons. The highest BCUT2D eigenvalue weighted by Gasteiger charge is 2.35. The van der Waals surface area contributed by atoms with Gasteiger partial charge in [-0.1, -0.05) is 18.2 Å². The molecule has 0 fully saturated rings. The van der Waals surface area contributed by atoms with Crippen molar-refractivity contribution in [2.75, 3.05) is 11.9 Å². The Morgan fingerprint density at radius 1 is 1.13 bits per heavy atom. The molecule has 0 saturated carbocycles. The third-order valence-electron chi connectivity index (χ3n) is 4.65. The zero-order valence-electron chi connectivity index (χ0n) is 16.5. The van der Waals surface area contributed by atoms with Gasteiger partial charge in [-0.25, -0.2) is 4.98 Å². The van der Waals surface area contributed by atoms with Crippen LogP contribution in [0.2, 0.25) is 0 Å². The third-order valence-corrected chi connectivity index (χ3v) is 5.52. The first kappa shape index (κ1) is 19.8. The van der Waals surface area contributed by atoms with Crippen LogP contribution < -0.4 is 10.1 Å². The Morgan fingerprint density at radius 3 is 2.43 bits per heavy atom. The summed E-state index contributed by atoms with van der Waals surface area (Å²) in [5, 5.41) is 5.11. The number of fused-ring (bicyclic) bond motifs is 1. The Balaban J connectivity index is 1.60. The van der Waals surface area contributed by atoms with Crippen LogP contribution in [0.3, 0.4) is 0 Å². The topological polar surface area (TPSA) is 88.6 Å². The standard InChI is InChI=1S/C22H19N3O4S/c1-3-29-18-9-8-14(10-17(18)19(26)24-22-23-13(2)12-30-22)11-25-20(27)15-6-4-5-7-16(15)21(25)28/h4-10,12H,3,11H2,1-2H3,(H,23,24,26). The summed E-state index contributed by atoms with van der Waals surface area (Å²) in [6.45, 7) is 4.14. The molecule has 0 unspecified atom stereocenters. The van der Waals surface area contributed by atoms with Gasteiger partial charge in [-0.3, -0.25) is 24.6 Å². The molecule has 0 saturated heterocycles. The Labute approximate surface area is 177 Å². The zero-order chi connectivity index (χ0) is 21.3. The molecule has 3 aromatic rings. The highest BCUT2D eigenvalue weighted by atomic mass is 32.1. The molecule has 8 heteroatoms. The van der Waals surface area contributed by atoms with Crippen molar-refractivity contribution in [3.05, 3.63) is 75.8 Å². The zero-order valence-corrected chi connectivity index (χ0v) is 17.3. The molecule has 30 heavy (non-hydrogen) atoms. The smallest absolute Gasteiger partial charge is 0.261 e. The molecule has 0 radical (unpaired) electrons. The third kappa shape index (κ3) is 3.69. The minimum atomic E-state index is -0.364. The molecule has 1 aliphatic heterocycles. The summed E-state index contributed by atoms with van der Waals surface area (Å²) in [5.74, 6) is -0.617. The lowest BCUT2D eigenvalue weighted by atomic mass is 10.1. The molecule has 3 amide bonds. The van der Waals surface area contributed by atoms with E-state index in [1.54, 1.807) is 42.5 Å². The van der Waals surface area contributed by atoms with Crippen molar-refractivity contribution in [2.24, 2.45) is 0 Å². The van der Waals surface area contributed by atoms with E-state index in [0.717, 1.165) is 5.69 Å². The number of aryl methyl sites for hydroxylation is 1. The van der Waals surface area contributed by atoms with Gasteiger partial charge in [0.25, 0.3) is 17.7 Å². The molecule has 0 atom stereocenters. The van der Waals surface area contributed by atoms with Crippen molar-refractivity contribution in [3.8, 4) is 5.75 Å². The van der Waals surface area contributed by atoms with Gasteiger partial charge in [0.2, 0.25) is 0 Å². The number of nitrogens with zero attached hydrogens (tertiary/aromatic N) is 2. The second-order valence-electron chi connectivity index (χ2n) is 6.75. The summed E-state index contributed by atoms with van der Waals surface area (Å²) in [6, 6.07) is 11.8. The van der Waals surface area contributed by atoms with Crippen molar-refractivity contribution >= 4 is 34.2 Å². The maximum atomic E-state index is 12.8. The maximum Gasteiger partial charge on any atom is 0.261 e. The van der Waals surface area contributed by atoms with Crippen LogP contribution in [-0.4, -0.2) is 34.2 Å². The molecule has 2 heterocycles. The predicted octanol–water partition coefficient (Wildman–Crippen LogP) is 3.90. The van der Waals surface area contributed by atoms with Gasteiger partial charge in [0.1, 0.15) is 5.75 Å². The van der Waals surface area contributed by atoms with Gasteiger partial charge in [0.05, 0.1) is 35.5 Å². The van der Waals surface area contributed by atoms with E-state index < -0.39 is 0 Å². The van der Waals surface area contributed by atoms with Crippen LogP contribution in [0.5, 0.6) is 5.75 Å². The van der Waals surface area contributed by atoms with Crippen molar-refractivity contribution < 1.29 is 19.1 Å². The Bertz CT molecular complexity index is 1120. The monoisotopic (exact) mass is 421 g/mol. The van der Waals surface area contributed by atoms with E-state index in [-0.39, 0.29) is 24.3 Å². The van der Waals surface area contributed by atoms with Crippen LogP contribution in [0.4, 0.5) is 5.13 Å². The fourth-order valence-corrected chi connectivity index (χ4v) is 3.96. The Kier molecular flexibility index (Phi) is 5.33. The van der Waals surface area contributed by atoms with Crippen molar-refractivity contribution in [3.63, 3.8) is 0 Å². The summed E-state index contributed by atoms with van der Waals surface area (Å²) in [6.07, 6.45) is 0. The summed E-state index contributed by atoms with van der Waals surface area (Å²) in [5.41, 5.74) is 2.57. The number of anilines is 1. The predicted molar refractivity (Wildman–Crippen MR) is 113 cm³/mol. The average molecular weight is 421 g/mol. The largest absolute Gasteiger partial charge is 0.493 e. The van der Waals surface area contributed by atoms with Gasteiger partial charge >= 0.3 is 0 Å². The number of amides is 3. The van der Waals surface area contributed by atoms with E-state index in [9.17, 15) is 14.4 Å². The summed E-state index contributed by atoms with van der Waals surface area (Å²) in [7, 11) is 0. The highest BCUT2D eigenvalue weighted by Crippen LogP contribution is 2.27. The minimum absolute atomic E-state index is 0.0649. The minimum Gasteiger partial charge on any atom is -0.493 e. The van der Waals surface area contributed by atoms with E-state index in [1.807, 2.05) is 19.2 Å². The van der Waals surface area contributed by atoms with Crippen LogP contribution in [0, 0.1) is 6.92 Å². The highest BCUT2D eigenvalue weighted by molar-refractivity contribution is 7.13. The number of imide groups is 1. The van der Waals surface area contributed by atoms with Crippen LogP contribution in [0.15, 0.2) is 47.8 Å². The normalized spacial score (nSPS) is 12.8. The lowest BCUT2D eigenvalue weighted by Gasteiger charge is -2.16. The van der Waals surface area contributed by atoms with Crippen LogP contribution in [0.1, 0.15) is 49.3 Å². The molecule has 4 rings (SSSR count). The first-order valence-electron chi connectivity index (χ1n) is 9.42. The first-order valence-corrected chi connectivity index (χ1v) is 10.3. The molecule has 2 aromatic carbocycles. The maximum absolute atomic E-state index is 12.8. The number of thiazole rings is 1. The van der Waals surface area contributed by atoms with E-state index in [0.29, 0.717) is 39.7 Å². The molecule has 1 aliphatic rings. The van der Waals surface area contributed by atoms with Gasteiger partial charge in [0, 0.05) is 5.38 Å². The molecule has 7 nitrogen and oxygen atoms in total. The van der Waals surface area contributed by atoms with E-state index >= 15 is 0 Å². The van der Waals surface area contributed by atoms with Gasteiger partial charge in [-0.2, -0.15) is 0 Å². The van der Waals surface area contributed by atoms with Gasteiger partial charge in [-0.15, -0.1) is 11.3 Å². The lowest BCUT2D eigenvalue weighted by Crippen LogP contribution is -2.29. The fraction of sp³-hybridized carbons (Fsp3) is 0.182. The summed E-state index contributed by atoms with van der Waals surface area (Å²) >= 11 is 1.33. The molecular formula is C22H19N3O4S. The van der Waals surface area contributed by atoms with Crippen molar-refractivity contribution in [2.45, 2.75) is 20.4 Å². The average Bonchev–Trinajstić information content (AvgIpc) is 3.25. The number of aromatic nitrogens is 1. The number of benzene rings is 2.